The van der Waals surface area contributed by atoms with Crippen molar-refractivity contribution in [1.29, 1.82) is 0 Å². The van der Waals surface area contributed by atoms with Crippen LogP contribution >= 0.6 is 0 Å². The van der Waals surface area contributed by atoms with Crippen LogP contribution in [0.3, 0.4) is 0 Å². The Morgan fingerprint density at radius 2 is 2.50 bits per heavy atom. The summed E-state index contributed by atoms with van der Waals surface area (Å²) in [5.41, 5.74) is -0.481. The molecule has 1 rings (SSSR count). The van der Waals surface area contributed by atoms with Crippen molar-refractivity contribution in [2.24, 2.45) is 0 Å². The molecule has 2 atom stereocenters. The number of hydrogen-bond acceptors (Lipinski definition) is 3. The highest BCUT2D eigenvalue weighted by Gasteiger charge is 2.22. The van der Waals surface area contributed by atoms with E-state index in [4.69, 9.17) is 0 Å². The van der Waals surface area contributed by atoms with Crippen LogP contribution in [0, 0.1) is 0 Å². The molecule has 4 heteroatoms. The first kappa shape index (κ1) is 4.23. The van der Waals surface area contributed by atoms with Crippen LogP contribution in [0.1, 0.15) is 0 Å². The minimum Gasteiger partial charge on any atom is -0.770 e. The molecule has 0 aromatic rings. The minimum atomic E-state index is -1.98. The van der Waals surface area contributed by atoms with E-state index in [1.54, 1.807) is 0 Å². The van der Waals surface area contributed by atoms with E-state index in [0.29, 0.717) is 6.61 Å². The first-order valence-corrected chi connectivity index (χ1v) is 2.64. The minimum absolute atomic E-state index is 0.385. The average Bonchev–Trinajstić information content (AvgIpc) is 2.06. The summed E-state index contributed by atoms with van der Waals surface area (Å²) in [5, 5.41) is 0. The predicted octanol–water partition coefficient (Wildman–Crippen LogP) is -0.778. The number of rotatable bonds is 1. The fourth-order valence-electron chi connectivity index (χ4n) is 0.150. The highest BCUT2D eigenvalue weighted by Crippen LogP contribution is 2.10. The normalized spacial score (nSPS) is 35.8. The Hall–Kier alpha value is 0.0700. The van der Waals surface area contributed by atoms with E-state index < -0.39 is 16.5 Å². The van der Waals surface area contributed by atoms with Crippen LogP contribution in [-0.2, 0) is 15.8 Å². The Kier molecular flexibility index (Phi) is 0.910. The van der Waals surface area contributed by atoms with Crippen LogP contribution in [0.15, 0.2) is 0 Å². The Morgan fingerprint density at radius 3 is 2.50 bits per heavy atom. The molecule has 0 N–H and O–H groups in total. The molecule has 0 saturated carbocycles. The lowest BCUT2D eigenvalue weighted by molar-refractivity contribution is 0.434. The summed E-state index contributed by atoms with van der Waals surface area (Å²) < 4.78 is 23.6. The highest BCUT2D eigenvalue weighted by molar-refractivity contribution is 7.79. The summed E-state index contributed by atoms with van der Waals surface area (Å²) >= 11 is -1.98. The van der Waals surface area contributed by atoms with Crippen molar-refractivity contribution in [2.75, 3.05) is 6.61 Å². The van der Waals surface area contributed by atoms with Gasteiger partial charge in [-0.15, -0.1) is 0 Å². The topological polar surface area (TPSA) is 52.7 Å². The molecule has 1 aliphatic heterocycles. The molecule has 36 valence electrons. The molecule has 0 spiro atoms. The van der Waals surface area contributed by atoms with Crippen LogP contribution in [0.25, 0.3) is 0 Å². The SMILES string of the molecule is O=S([O-])C1CO1. The second kappa shape index (κ2) is 1.29. The number of epoxide rings is 1. The van der Waals surface area contributed by atoms with Gasteiger partial charge in [0, 0.05) is 0 Å². The molecule has 6 heavy (non-hydrogen) atoms. The molecule has 0 aromatic carbocycles. The van der Waals surface area contributed by atoms with Gasteiger partial charge in [0.15, 0.2) is 0 Å². The van der Waals surface area contributed by atoms with E-state index in [1.807, 2.05) is 0 Å². The third kappa shape index (κ3) is 0.767. The van der Waals surface area contributed by atoms with E-state index in [-0.39, 0.29) is 0 Å². The predicted molar refractivity (Wildman–Crippen MR) is 18.7 cm³/mol. The fourth-order valence-corrected chi connectivity index (χ4v) is 0.451. The van der Waals surface area contributed by atoms with Gasteiger partial charge in [-0.3, -0.25) is 4.21 Å². The Bertz CT molecular complexity index is 76.9. The molecular weight excluding hydrogens is 104 g/mol. The van der Waals surface area contributed by atoms with Crippen molar-refractivity contribution in [2.45, 2.75) is 5.44 Å². The Morgan fingerprint density at radius 1 is 2.00 bits per heavy atom. The third-order valence-electron chi connectivity index (χ3n) is 0.517. The van der Waals surface area contributed by atoms with Gasteiger partial charge in [0.05, 0.1) is 6.61 Å². The van der Waals surface area contributed by atoms with Gasteiger partial charge >= 0.3 is 0 Å². The average molecular weight is 107 g/mol. The lowest BCUT2D eigenvalue weighted by Gasteiger charge is -1.93. The van der Waals surface area contributed by atoms with E-state index >= 15 is 0 Å². The van der Waals surface area contributed by atoms with E-state index in [9.17, 15) is 8.76 Å². The molecule has 0 bridgehead atoms. The molecule has 0 aliphatic carbocycles. The Balaban J connectivity index is 2.31. The summed E-state index contributed by atoms with van der Waals surface area (Å²) in [5.74, 6) is 0. The summed E-state index contributed by atoms with van der Waals surface area (Å²) in [6, 6.07) is 0. The van der Waals surface area contributed by atoms with Gasteiger partial charge in [0.25, 0.3) is 0 Å². The van der Waals surface area contributed by atoms with E-state index in [0.717, 1.165) is 0 Å². The van der Waals surface area contributed by atoms with Crippen molar-refractivity contribution in [3.8, 4) is 0 Å². The first-order chi connectivity index (χ1) is 2.80. The van der Waals surface area contributed by atoms with Crippen molar-refractivity contribution in [3.05, 3.63) is 0 Å². The zero-order chi connectivity index (χ0) is 4.57. The summed E-state index contributed by atoms with van der Waals surface area (Å²) in [6.45, 7) is 0.385. The van der Waals surface area contributed by atoms with Crippen LogP contribution in [0.2, 0.25) is 0 Å². The maximum absolute atomic E-state index is 9.64. The van der Waals surface area contributed by atoms with Gasteiger partial charge in [-0.25, -0.2) is 0 Å². The summed E-state index contributed by atoms with van der Waals surface area (Å²) in [4.78, 5) is 0. The number of ether oxygens (including phenoxy) is 1. The monoisotopic (exact) mass is 107 g/mol. The summed E-state index contributed by atoms with van der Waals surface area (Å²) in [7, 11) is 0. The fraction of sp³-hybridized carbons (Fsp3) is 1.00. The van der Waals surface area contributed by atoms with Crippen LogP contribution in [0.4, 0.5) is 0 Å². The highest BCUT2D eigenvalue weighted by atomic mass is 32.2. The van der Waals surface area contributed by atoms with Gasteiger partial charge in [0.1, 0.15) is 5.44 Å². The standard InChI is InChI=1S/C2H4O3S/c3-6(4)2-1-5-2/h2H,1H2,(H,3,4)/p-1. The molecule has 0 aromatic heterocycles. The molecule has 0 radical (unpaired) electrons. The van der Waals surface area contributed by atoms with Gasteiger partial charge in [-0.05, 0) is 11.1 Å². The molecule has 1 heterocycles. The molecule has 1 aliphatic rings. The second-order valence-electron chi connectivity index (χ2n) is 1.02. The quantitative estimate of drug-likeness (QED) is 0.326. The zero-order valence-corrected chi connectivity index (χ0v) is 3.73. The van der Waals surface area contributed by atoms with Gasteiger partial charge in [-0.2, -0.15) is 0 Å². The maximum atomic E-state index is 9.64. The van der Waals surface area contributed by atoms with Crippen LogP contribution in [0.5, 0.6) is 0 Å². The molecule has 3 nitrogen and oxygen atoms in total. The van der Waals surface area contributed by atoms with E-state index in [2.05, 4.69) is 4.74 Å². The van der Waals surface area contributed by atoms with Crippen molar-refractivity contribution in [1.82, 2.24) is 0 Å². The zero-order valence-electron chi connectivity index (χ0n) is 2.92. The second-order valence-corrected chi connectivity index (χ2v) is 2.07. The third-order valence-corrected chi connectivity index (χ3v) is 1.22. The smallest absolute Gasteiger partial charge is 0.142 e. The van der Waals surface area contributed by atoms with Gasteiger partial charge in [-0.1, -0.05) is 0 Å². The Labute approximate surface area is 37.6 Å². The first-order valence-electron chi connectivity index (χ1n) is 1.50. The molecule has 1 fully saturated rings. The summed E-state index contributed by atoms with van der Waals surface area (Å²) in [6.07, 6.45) is 0. The van der Waals surface area contributed by atoms with Crippen molar-refractivity contribution in [3.63, 3.8) is 0 Å². The molecule has 1 saturated heterocycles. The maximum Gasteiger partial charge on any atom is 0.142 e. The van der Waals surface area contributed by atoms with Crippen molar-refractivity contribution < 1.29 is 13.5 Å². The van der Waals surface area contributed by atoms with E-state index in [1.165, 1.54) is 0 Å². The number of hydrogen-bond donors (Lipinski definition) is 0. The van der Waals surface area contributed by atoms with Crippen molar-refractivity contribution >= 4 is 11.1 Å². The lowest BCUT2D eigenvalue weighted by Crippen LogP contribution is -1.93. The van der Waals surface area contributed by atoms with Gasteiger partial charge in [0.2, 0.25) is 0 Å². The lowest BCUT2D eigenvalue weighted by atomic mass is 11.0. The van der Waals surface area contributed by atoms with Crippen LogP contribution < -0.4 is 0 Å². The van der Waals surface area contributed by atoms with Crippen LogP contribution in [-0.4, -0.2) is 20.8 Å². The molecular formula is C2H3O3S-. The molecule has 0 amide bonds. The molecule has 2 unspecified atom stereocenters. The largest absolute Gasteiger partial charge is 0.770 e. The van der Waals surface area contributed by atoms with Gasteiger partial charge < -0.3 is 9.29 Å².